The van der Waals surface area contributed by atoms with Crippen LogP contribution in [0.1, 0.15) is 5.56 Å². The summed E-state index contributed by atoms with van der Waals surface area (Å²) in [5.41, 5.74) is 24.9. The molecule has 4 nitrogen and oxygen atoms in total. The van der Waals surface area contributed by atoms with Gasteiger partial charge in [-0.1, -0.05) is 109 Å². The van der Waals surface area contributed by atoms with E-state index in [1.54, 1.807) is 7.11 Å². The van der Waals surface area contributed by atoms with Gasteiger partial charge >= 0.3 is 0 Å². The Balaban J connectivity index is 1.50. The van der Waals surface area contributed by atoms with E-state index in [1.165, 1.54) is 0 Å². The highest BCUT2D eigenvalue weighted by Crippen LogP contribution is 2.43. The first-order valence-corrected chi connectivity index (χ1v) is 13.6. The van der Waals surface area contributed by atoms with Gasteiger partial charge in [0.05, 0.1) is 12.8 Å². The zero-order valence-electron chi connectivity index (χ0n) is 22.9. The second kappa shape index (κ2) is 11.5. The summed E-state index contributed by atoms with van der Waals surface area (Å²) in [6, 6.07) is 43.4. The lowest BCUT2D eigenvalue weighted by molar-refractivity contribution is 0.416. The fraction of sp³-hybridized carbons (Fsp3) is 0.0541. The molecule has 0 bridgehead atoms. The van der Waals surface area contributed by atoms with Gasteiger partial charge in [-0.05, 0) is 51.6 Å². The first-order valence-electron chi connectivity index (χ1n) is 13.6. The first kappa shape index (κ1) is 26.1. The number of aromatic nitrogens is 1. The Bertz CT molecular complexity index is 1810. The second-order valence-electron chi connectivity index (χ2n) is 9.89. The molecule has 6 aromatic rings. The molecule has 4 N–H and O–H groups in total. The van der Waals surface area contributed by atoms with Crippen LogP contribution in [0.25, 0.3) is 55.8 Å². The van der Waals surface area contributed by atoms with Crippen molar-refractivity contribution >= 4 is 5.69 Å². The highest BCUT2D eigenvalue weighted by molar-refractivity contribution is 5.98. The summed E-state index contributed by atoms with van der Waals surface area (Å²) >= 11 is 0. The fourth-order valence-corrected chi connectivity index (χ4v) is 5.40. The number of anilines is 1. The van der Waals surface area contributed by atoms with Crippen LogP contribution in [-0.2, 0) is 6.54 Å². The lowest BCUT2D eigenvalue weighted by Gasteiger charge is -2.18. The normalized spacial score (nSPS) is 10.9. The van der Waals surface area contributed by atoms with Gasteiger partial charge in [-0.15, -0.1) is 0 Å². The molecule has 1 heterocycles. The van der Waals surface area contributed by atoms with Crippen molar-refractivity contribution in [3.05, 3.63) is 139 Å². The van der Waals surface area contributed by atoms with Crippen LogP contribution in [0.4, 0.5) is 5.69 Å². The minimum absolute atomic E-state index is 0.497. The largest absolute Gasteiger partial charge is 0.496 e. The van der Waals surface area contributed by atoms with E-state index >= 15 is 0 Å². The van der Waals surface area contributed by atoms with E-state index in [0.29, 0.717) is 6.54 Å². The van der Waals surface area contributed by atoms with E-state index in [-0.39, 0.29) is 0 Å². The number of pyridine rings is 1. The maximum absolute atomic E-state index is 7.04. The lowest BCUT2D eigenvalue weighted by Crippen LogP contribution is -1.99. The molecule has 0 aliphatic carbocycles. The van der Waals surface area contributed by atoms with Crippen molar-refractivity contribution in [2.45, 2.75) is 6.54 Å². The summed E-state index contributed by atoms with van der Waals surface area (Å²) in [4.78, 5) is 4.78. The van der Waals surface area contributed by atoms with E-state index in [4.69, 9.17) is 21.2 Å². The predicted octanol–water partition coefficient (Wildman–Crippen LogP) is 8.47. The molecule has 0 saturated carbocycles. The van der Waals surface area contributed by atoms with Crippen LogP contribution >= 0.6 is 0 Å². The Morgan fingerprint density at radius 1 is 0.585 bits per heavy atom. The van der Waals surface area contributed by atoms with Crippen LogP contribution in [0.5, 0.6) is 5.75 Å². The number of rotatable bonds is 7. The van der Waals surface area contributed by atoms with Crippen molar-refractivity contribution in [1.29, 1.82) is 0 Å². The Hall–Kier alpha value is -5.19. The highest BCUT2D eigenvalue weighted by atomic mass is 16.5. The topological polar surface area (TPSA) is 74.2 Å². The molecule has 0 saturated heterocycles. The Morgan fingerprint density at radius 2 is 1.24 bits per heavy atom. The second-order valence-corrected chi connectivity index (χ2v) is 9.89. The lowest BCUT2D eigenvalue weighted by atomic mass is 9.88. The third kappa shape index (κ3) is 5.09. The molecular formula is C37H31N3O. The molecule has 0 aliphatic rings. The van der Waals surface area contributed by atoms with Gasteiger partial charge < -0.3 is 16.2 Å². The number of benzene rings is 5. The van der Waals surface area contributed by atoms with Crippen LogP contribution in [0.3, 0.4) is 0 Å². The molecule has 0 spiro atoms. The highest BCUT2D eigenvalue weighted by Gasteiger charge is 2.17. The number of methoxy groups -OCH3 is 1. The SMILES string of the molecule is COc1ccccc1-c1ccccc1-c1cc(-c2ccc(-c3ccccc3)c(-c3ccc(CN)cc3)c2N)ccn1. The Labute approximate surface area is 240 Å². The van der Waals surface area contributed by atoms with Gasteiger partial charge in [0.1, 0.15) is 5.75 Å². The Morgan fingerprint density at radius 3 is 1.98 bits per heavy atom. The van der Waals surface area contributed by atoms with Gasteiger partial charge in [0.2, 0.25) is 0 Å². The van der Waals surface area contributed by atoms with Crippen LogP contribution in [-0.4, -0.2) is 12.1 Å². The molecule has 200 valence electrons. The maximum atomic E-state index is 7.04. The van der Waals surface area contributed by atoms with E-state index in [9.17, 15) is 0 Å². The third-order valence-electron chi connectivity index (χ3n) is 7.48. The number of ether oxygens (including phenoxy) is 1. The molecule has 0 unspecified atom stereocenters. The van der Waals surface area contributed by atoms with Gasteiger partial charge in [-0.3, -0.25) is 4.98 Å². The van der Waals surface area contributed by atoms with Crippen molar-refractivity contribution in [3.63, 3.8) is 0 Å². The number of nitrogens with zero attached hydrogens (tertiary/aromatic N) is 1. The monoisotopic (exact) mass is 533 g/mol. The van der Waals surface area contributed by atoms with Gasteiger partial charge in [0, 0.05) is 40.7 Å². The van der Waals surface area contributed by atoms with E-state index in [0.717, 1.165) is 72.8 Å². The number of para-hydroxylation sites is 1. The minimum Gasteiger partial charge on any atom is -0.496 e. The molecule has 0 fully saturated rings. The van der Waals surface area contributed by atoms with Crippen LogP contribution in [0, 0.1) is 0 Å². The number of hydrogen-bond donors (Lipinski definition) is 2. The molecule has 5 aromatic carbocycles. The summed E-state index contributed by atoms with van der Waals surface area (Å²) < 4.78 is 5.67. The van der Waals surface area contributed by atoms with Crippen molar-refractivity contribution in [2.24, 2.45) is 5.73 Å². The molecular weight excluding hydrogens is 502 g/mol. The summed E-state index contributed by atoms with van der Waals surface area (Å²) in [6.07, 6.45) is 1.85. The Kier molecular flexibility index (Phi) is 7.31. The first-order chi connectivity index (χ1) is 20.2. The molecule has 0 aliphatic heterocycles. The van der Waals surface area contributed by atoms with Crippen molar-refractivity contribution < 1.29 is 4.74 Å². The molecule has 0 radical (unpaired) electrons. The molecule has 1 aromatic heterocycles. The summed E-state index contributed by atoms with van der Waals surface area (Å²) in [7, 11) is 1.70. The molecule has 0 atom stereocenters. The number of hydrogen-bond acceptors (Lipinski definition) is 4. The molecule has 6 rings (SSSR count). The minimum atomic E-state index is 0.497. The van der Waals surface area contributed by atoms with Crippen LogP contribution in [0.15, 0.2) is 134 Å². The van der Waals surface area contributed by atoms with Gasteiger partial charge in [0.25, 0.3) is 0 Å². The maximum Gasteiger partial charge on any atom is 0.126 e. The van der Waals surface area contributed by atoms with Crippen molar-refractivity contribution in [1.82, 2.24) is 4.98 Å². The predicted molar refractivity (Wildman–Crippen MR) is 170 cm³/mol. The number of nitrogen functional groups attached to an aromatic ring is 1. The van der Waals surface area contributed by atoms with Crippen molar-refractivity contribution in [2.75, 3.05) is 12.8 Å². The zero-order chi connectivity index (χ0) is 28.2. The smallest absolute Gasteiger partial charge is 0.126 e. The molecule has 4 heteroatoms. The van der Waals surface area contributed by atoms with Crippen LogP contribution in [0.2, 0.25) is 0 Å². The summed E-state index contributed by atoms with van der Waals surface area (Å²) in [5.74, 6) is 0.821. The summed E-state index contributed by atoms with van der Waals surface area (Å²) in [5, 5.41) is 0. The molecule has 0 amide bonds. The van der Waals surface area contributed by atoms with Crippen LogP contribution < -0.4 is 16.2 Å². The molecule has 41 heavy (non-hydrogen) atoms. The third-order valence-corrected chi connectivity index (χ3v) is 7.48. The van der Waals surface area contributed by atoms with Gasteiger partial charge in [0.15, 0.2) is 0 Å². The zero-order valence-corrected chi connectivity index (χ0v) is 22.9. The number of nitrogens with two attached hydrogens (primary N) is 2. The summed E-state index contributed by atoms with van der Waals surface area (Å²) in [6.45, 7) is 0.497. The average Bonchev–Trinajstić information content (AvgIpc) is 3.05. The fourth-order valence-electron chi connectivity index (χ4n) is 5.40. The van der Waals surface area contributed by atoms with E-state index in [2.05, 4.69) is 84.9 Å². The van der Waals surface area contributed by atoms with Crippen molar-refractivity contribution in [3.8, 4) is 61.5 Å². The van der Waals surface area contributed by atoms with E-state index < -0.39 is 0 Å². The standard InChI is InChI=1S/C37H31N3O/c1-41-35-14-8-7-13-33(35)31-11-5-6-12-32(31)34-23-28(21-22-40-34)30-20-19-29(26-9-3-2-4-10-26)36(37(30)39)27-17-15-25(24-38)16-18-27/h2-23H,24,38-39H2,1H3. The quantitative estimate of drug-likeness (QED) is 0.202. The van der Waals surface area contributed by atoms with Gasteiger partial charge in [-0.25, -0.2) is 0 Å². The van der Waals surface area contributed by atoms with Gasteiger partial charge in [-0.2, -0.15) is 0 Å². The van der Waals surface area contributed by atoms with E-state index in [1.807, 2.05) is 48.7 Å². The average molecular weight is 534 g/mol.